The highest BCUT2D eigenvalue weighted by Gasteiger charge is 2.24. The fourth-order valence-corrected chi connectivity index (χ4v) is 1.67. The molecule has 6 nitrogen and oxygen atoms in total. The predicted molar refractivity (Wildman–Crippen MR) is 74.1 cm³/mol. The number of nitrogens with one attached hydrogen (secondary N) is 2. The number of carbonyl (C=O) groups is 2. The molecule has 0 spiro atoms. The van der Waals surface area contributed by atoms with Crippen molar-refractivity contribution in [2.45, 2.75) is 26.0 Å². The lowest BCUT2D eigenvalue weighted by Crippen LogP contribution is -2.49. The summed E-state index contributed by atoms with van der Waals surface area (Å²) in [6, 6.07) is 3.15. The van der Waals surface area contributed by atoms with Crippen molar-refractivity contribution in [3.05, 3.63) is 28.2 Å². The van der Waals surface area contributed by atoms with Crippen molar-refractivity contribution in [3.8, 4) is 0 Å². The number of carbonyl (C=O) groups excluding carboxylic acids is 1. The average Bonchev–Trinajstić information content (AvgIpc) is 2.30. The maximum Gasteiger partial charge on any atom is 0.328 e. The summed E-state index contributed by atoms with van der Waals surface area (Å²) in [7, 11) is 0. The molecule has 0 aromatic heterocycles. The Balaban J connectivity index is 2.69. The molecular formula is C12H15BrN2O4. The van der Waals surface area contributed by atoms with Crippen LogP contribution in [0.4, 0.5) is 10.5 Å². The molecule has 2 amide bonds. The van der Waals surface area contributed by atoms with E-state index in [1.165, 1.54) is 6.92 Å². The molecule has 2 unspecified atom stereocenters. The average molecular weight is 331 g/mol. The maximum atomic E-state index is 11.6. The first-order valence-electron chi connectivity index (χ1n) is 5.56. The van der Waals surface area contributed by atoms with E-state index in [0.717, 1.165) is 10.0 Å². The first-order valence-corrected chi connectivity index (χ1v) is 6.35. The van der Waals surface area contributed by atoms with E-state index in [2.05, 4.69) is 26.6 Å². The van der Waals surface area contributed by atoms with Crippen LogP contribution in [0.2, 0.25) is 0 Å². The van der Waals surface area contributed by atoms with Crippen LogP contribution < -0.4 is 10.6 Å². The summed E-state index contributed by atoms with van der Waals surface area (Å²) < 4.78 is 0.908. The molecule has 0 aliphatic carbocycles. The number of anilines is 1. The summed E-state index contributed by atoms with van der Waals surface area (Å²) >= 11 is 3.33. The smallest absolute Gasteiger partial charge is 0.328 e. The van der Waals surface area contributed by atoms with Crippen LogP contribution >= 0.6 is 15.9 Å². The van der Waals surface area contributed by atoms with E-state index in [0.29, 0.717) is 5.69 Å². The highest BCUT2D eigenvalue weighted by molar-refractivity contribution is 9.10. The molecule has 0 saturated carbocycles. The molecule has 1 aromatic rings. The fourth-order valence-electron chi connectivity index (χ4n) is 1.42. The van der Waals surface area contributed by atoms with Gasteiger partial charge in [-0.15, -0.1) is 0 Å². The number of halogens is 1. The third-order valence-electron chi connectivity index (χ3n) is 2.45. The van der Waals surface area contributed by atoms with Gasteiger partial charge in [-0.05, 0) is 37.6 Å². The molecule has 1 rings (SSSR count). The lowest BCUT2D eigenvalue weighted by molar-refractivity contribution is -0.141. The number of aliphatic carboxylic acids is 1. The summed E-state index contributed by atoms with van der Waals surface area (Å²) in [5.74, 6) is -1.29. The SMILES string of the molecule is Cc1cc(NC(=O)NC(C(=O)O)C(C)O)ccc1Br. The van der Waals surface area contributed by atoms with Gasteiger partial charge in [-0.2, -0.15) is 0 Å². The zero-order chi connectivity index (χ0) is 14.6. The normalized spacial score (nSPS) is 13.5. The number of aliphatic hydroxyl groups is 1. The Morgan fingerprint density at radius 2 is 2.00 bits per heavy atom. The maximum absolute atomic E-state index is 11.6. The van der Waals surface area contributed by atoms with Crippen LogP contribution in [0.1, 0.15) is 12.5 Å². The molecule has 0 radical (unpaired) electrons. The molecule has 19 heavy (non-hydrogen) atoms. The highest BCUT2D eigenvalue weighted by Crippen LogP contribution is 2.19. The Labute approximate surface area is 118 Å². The van der Waals surface area contributed by atoms with Gasteiger partial charge in [0, 0.05) is 10.2 Å². The number of rotatable bonds is 4. The molecule has 2 atom stereocenters. The largest absolute Gasteiger partial charge is 0.480 e. The van der Waals surface area contributed by atoms with Gasteiger partial charge in [0.05, 0.1) is 6.10 Å². The van der Waals surface area contributed by atoms with Crippen LogP contribution in [0.15, 0.2) is 22.7 Å². The Hall–Kier alpha value is -1.60. The van der Waals surface area contributed by atoms with Gasteiger partial charge in [0.2, 0.25) is 0 Å². The number of amides is 2. The third-order valence-corrected chi connectivity index (χ3v) is 3.34. The summed E-state index contributed by atoms with van der Waals surface area (Å²) in [6.45, 7) is 3.16. The van der Waals surface area contributed by atoms with Crippen LogP contribution in [0.25, 0.3) is 0 Å². The Bertz CT molecular complexity index is 491. The molecule has 0 bridgehead atoms. The van der Waals surface area contributed by atoms with Crippen molar-refractivity contribution in [2.24, 2.45) is 0 Å². The van der Waals surface area contributed by atoms with Crippen molar-refractivity contribution in [2.75, 3.05) is 5.32 Å². The summed E-state index contributed by atoms with van der Waals surface area (Å²) in [6.07, 6.45) is -1.19. The van der Waals surface area contributed by atoms with Crippen LogP contribution in [0.3, 0.4) is 0 Å². The lowest BCUT2D eigenvalue weighted by atomic mass is 10.2. The van der Waals surface area contributed by atoms with Gasteiger partial charge in [0.15, 0.2) is 6.04 Å². The van der Waals surface area contributed by atoms with Crippen LogP contribution in [0.5, 0.6) is 0 Å². The monoisotopic (exact) mass is 330 g/mol. The van der Waals surface area contributed by atoms with Gasteiger partial charge in [-0.25, -0.2) is 9.59 Å². The molecule has 1 aromatic carbocycles. The van der Waals surface area contributed by atoms with Gasteiger partial charge in [0.25, 0.3) is 0 Å². The van der Waals surface area contributed by atoms with E-state index in [9.17, 15) is 14.7 Å². The topological polar surface area (TPSA) is 98.7 Å². The number of carboxylic acid groups (broad SMARTS) is 1. The number of hydrogen-bond donors (Lipinski definition) is 4. The molecule has 0 heterocycles. The minimum atomic E-state index is -1.35. The molecular weight excluding hydrogens is 316 g/mol. The van der Waals surface area contributed by atoms with Crippen molar-refractivity contribution in [1.82, 2.24) is 5.32 Å². The Morgan fingerprint density at radius 1 is 1.37 bits per heavy atom. The van der Waals surface area contributed by atoms with Gasteiger partial charge < -0.3 is 20.8 Å². The number of benzene rings is 1. The minimum absolute atomic E-state index is 0.535. The highest BCUT2D eigenvalue weighted by atomic mass is 79.9. The van der Waals surface area contributed by atoms with E-state index in [1.54, 1.807) is 18.2 Å². The van der Waals surface area contributed by atoms with E-state index >= 15 is 0 Å². The van der Waals surface area contributed by atoms with E-state index < -0.39 is 24.1 Å². The zero-order valence-electron chi connectivity index (χ0n) is 10.5. The number of urea groups is 1. The van der Waals surface area contributed by atoms with Gasteiger partial charge >= 0.3 is 12.0 Å². The molecule has 4 N–H and O–H groups in total. The van der Waals surface area contributed by atoms with Crippen LogP contribution in [-0.2, 0) is 4.79 Å². The predicted octanol–water partition coefficient (Wildman–Crippen LogP) is 1.71. The molecule has 0 aliphatic rings. The Morgan fingerprint density at radius 3 is 2.47 bits per heavy atom. The quantitative estimate of drug-likeness (QED) is 0.675. The van der Waals surface area contributed by atoms with Crippen LogP contribution in [-0.4, -0.2) is 34.4 Å². The fraction of sp³-hybridized carbons (Fsp3) is 0.333. The second-order valence-corrected chi connectivity index (χ2v) is 4.97. The van der Waals surface area contributed by atoms with Crippen LogP contribution in [0, 0.1) is 6.92 Å². The number of hydrogen-bond acceptors (Lipinski definition) is 3. The molecule has 0 saturated heterocycles. The molecule has 7 heteroatoms. The zero-order valence-corrected chi connectivity index (χ0v) is 12.1. The lowest BCUT2D eigenvalue weighted by Gasteiger charge is -2.17. The number of aliphatic hydroxyl groups excluding tert-OH is 1. The minimum Gasteiger partial charge on any atom is -0.480 e. The van der Waals surface area contributed by atoms with Crippen molar-refractivity contribution >= 4 is 33.6 Å². The van der Waals surface area contributed by atoms with Gasteiger partial charge in [0.1, 0.15) is 0 Å². The van der Waals surface area contributed by atoms with E-state index in [1.807, 2.05) is 6.92 Å². The van der Waals surface area contributed by atoms with Crippen molar-refractivity contribution in [3.63, 3.8) is 0 Å². The van der Waals surface area contributed by atoms with E-state index in [-0.39, 0.29) is 0 Å². The second kappa shape index (κ2) is 6.53. The molecule has 0 fully saturated rings. The number of aryl methyl sites for hydroxylation is 1. The third kappa shape index (κ3) is 4.53. The van der Waals surface area contributed by atoms with Gasteiger partial charge in [-0.1, -0.05) is 15.9 Å². The van der Waals surface area contributed by atoms with Crippen molar-refractivity contribution < 1.29 is 19.8 Å². The summed E-state index contributed by atoms with van der Waals surface area (Å²) in [5.41, 5.74) is 1.47. The Kier molecular flexibility index (Phi) is 5.31. The van der Waals surface area contributed by atoms with Crippen molar-refractivity contribution in [1.29, 1.82) is 0 Å². The molecule has 104 valence electrons. The molecule has 0 aliphatic heterocycles. The van der Waals surface area contributed by atoms with Gasteiger partial charge in [-0.3, -0.25) is 0 Å². The first-order chi connectivity index (χ1) is 8.81. The second-order valence-electron chi connectivity index (χ2n) is 4.12. The summed E-state index contributed by atoms with van der Waals surface area (Å²) in [4.78, 5) is 22.4. The summed E-state index contributed by atoms with van der Waals surface area (Å²) in [5, 5.41) is 22.8. The van der Waals surface area contributed by atoms with E-state index in [4.69, 9.17) is 5.11 Å². The number of carboxylic acids is 1. The first kappa shape index (κ1) is 15.5. The standard InChI is InChI=1S/C12H15BrN2O4/c1-6-5-8(3-4-9(6)13)14-12(19)15-10(7(2)16)11(17)18/h3-5,7,10,16H,1-2H3,(H,17,18)(H2,14,15,19).